The smallest absolute Gasteiger partial charge is 0.243 e. The number of nitrogens with zero attached hydrogens (tertiary/aromatic N) is 4. The minimum atomic E-state index is -4.24. The van der Waals surface area contributed by atoms with Crippen LogP contribution in [-0.4, -0.2) is 115 Å². The summed E-state index contributed by atoms with van der Waals surface area (Å²) in [7, 11) is -16.9. The summed E-state index contributed by atoms with van der Waals surface area (Å²) in [6.45, 7) is 6.20. The first-order valence-electron chi connectivity index (χ1n) is 23.2. The molecular weight excluding hydrogens is 917 g/mol. The molecular formula is C49H70N4O9S4. The molecule has 0 spiro atoms. The van der Waals surface area contributed by atoms with Gasteiger partial charge in [-0.3, -0.25) is 0 Å². The molecule has 1 aliphatic heterocycles. The van der Waals surface area contributed by atoms with E-state index in [0.29, 0.717) is 12.8 Å². The molecule has 0 aromatic heterocycles. The van der Waals surface area contributed by atoms with Crippen molar-refractivity contribution in [2.75, 3.05) is 59.0 Å². The summed E-state index contributed by atoms with van der Waals surface area (Å²) in [5.41, 5.74) is 3.45. The van der Waals surface area contributed by atoms with Gasteiger partial charge in [-0.15, -0.1) is 0 Å². The predicted octanol–water partition coefficient (Wildman–Crippen LogP) is 7.90. The van der Waals surface area contributed by atoms with Crippen molar-refractivity contribution in [1.29, 1.82) is 0 Å². The van der Waals surface area contributed by atoms with Crippen LogP contribution in [0.1, 0.15) is 92.9 Å². The molecule has 4 aromatic rings. The molecule has 0 atom stereocenters. The van der Waals surface area contributed by atoms with Crippen LogP contribution in [0.15, 0.2) is 117 Å². The highest BCUT2D eigenvalue weighted by Crippen LogP contribution is 2.27. The number of sulfonamides is 4. The molecule has 0 saturated carbocycles. The Morgan fingerprint density at radius 3 is 0.939 bits per heavy atom. The standard InChI is InChI=1S/C49H70N4O9S4/c1-41-16-24-46(25-17-41)63(55,56)50-32-14-33-51(64(57,58)47-26-18-42(2)19-27-47)35-37-53(66(61,62)49-30-22-44(4)23-31-49)40-45(15-12-10-8-6-5-7-9-11-13-38-54)39-52(36-34-50)65(59,60)48-28-20-43(3)21-29-48/h16-31,45,54H,5-15,32-40H2,1-4H3. The molecule has 1 saturated heterocycles. The van der Waals surface area contributed by atoms with Gasteiger partial charge in [0.15, 0.2) is 0 Å². The predicted molar refractivity (Wildman–Crippen MR) is 261 cm³/mol. The summed E-state index contributed by atoms with van der Waals surface area (Å²) in [4.78, 5) is 0.152. The van der Waals surface area contributed by atoms with Crippen molar-refractivity contribution in [3.05, 3.63) is 119 Å². The number of benzene rings is 4. The Kier molecular flexibility index (Phi) is 20.0. The number of aliphatic hydroxyl groups excluding tert-OH is 1. The summed E-state index contributed by atoms with van der Waals surface area (Å²) in [6, 6.07) is 25.8. The third-order valence-electron chi connectivity index (χ3n) is 12.3. The first-order chi connectivity index (χ1) is 31.3. The van der Waals surface area contributed by atoms with Gasteiger partial charge in [-0.25, -0.2) is 33.7 Å². The maximum atomic E-state index is 14.8. The second-order valence-electron chi connectivity index (χ2n) is 17.7. The quantitative estimate of drug-likeness (QED) is 0.0919. The van der Waals surface area contributed by atoms with Gasteiger partial charge >= 0.3 is 0 Å². The second-order valence-corrected chi connectivity index (χ2v) is 25.5. The van der Waals surface area contributed by atoms with Gasteiger partial charge in [0, 0.05) is 59.0 Å². The summed E-state index contributed by atoms with van der Waals surface area (Å²) >= 11 is 0. The molecule has 1 fully saturated rings. The molecule has 66 heavy (non-hydrogen) atoms. The van der Waals surface area contributed by atoms with Crippen LogP contribution in [-0.2, 0) is 40.1 Å². The van der Waals surface area contributed by atoms with E-state index in [0.717, 1.165) is 73.6 Å². The Morgan fingerprint density at radius 2 is 0.636 bits per heavy atom. The lowest BCUT2D eigenvalue weighted by Gasteiger charge is -2.34. The zero-order valence-electron chi connectivity index (χ0n) is 39.1. The van der Waals surface area contributed by atoms with Gasteiger partial charge in [-0.05, 0) is 101 Å². The number of hydrogen-bond acceptors (Lipinski definition) is 9. The summed E-state index contributed by atoms with van der Waals surface area (Å²) < 4.78 is 122. The topological polar surface area (TPSA) is 170 Å². The van der Waals surface area contributed by atoms with Crippen LogP contribution in [0.25, 0.3) is 0 Å². The van der Waals surface area contributed by atoms with Gasteiger partial charge < -0.3 is 5.11 Å². The van der Waals surface area contributed by atoms with E-state index < -0.39 is 46.0 Å². The Hall–Kier alpha value is -3.52. The molecule has 0 bridgehead atoms. The van der Waals surface area contributed by atoms with Crippen molar-refractivity contribution < 1.29 is 38.8 Å². The van der Waals surface area contributed by atoms with E-state index in [-0.39, 0.29) is 85.0 Å². The highest BCUT2D eigenvalue weighted by molar-refractivity contribution is 7.90. The average Bonchev–Trinajstić information content (AvgIpc) is 3.28. The fourth-order valence-corrected chi connectivity index (χ4v) is 14.2. The van der Waals surface area contributed by atoms with Crippen molar-refractivity contribution in [1.82, 2.24) is 17.2 Å². The van der Waals surface area contributed by atoms with Crippen molar-refractivity contribution in [2.45, 2.75) is 118 Å². The Labute approximate surface area is 396 Å². The molecule has 1 heterocycles. The Morgan fingerprint density at radius 1 is 0.379 bits per heavy atom. The van der Waals surface area contributed by atoms with Crippen LogP contribution in [0, 0.1) is 33.6 Å². The molecule has 1 aliphatic rings. The number of rotatable bonds is 19. The molecule has 4 aromatic carbocycles. The third-order valence-corrected chi connectivity index (χ3v) is 19.9. The van der Waals surface area contributed by atoms with Crippen molar-refractivity contribution in [2.24, 2.45) is 5.92 Å². The van der Waals surface area contributed by atoms with Gasteiger partial charge in [0.25, 0.3) is 0 Å². The number of unbranched alkanes of at least 4 members (excludes halogenated alkanes) is 8. The molecule has 1 N–H and O–H groups in total. The second kappa shape index (κ2) is 24.7. The minimum Gasteiger partial charge on any atom is -0.396 e. The Balaban J connectivity index is 1.58. The van der Waals surface area contributed by atoms with Crippen LogP contribution < -0.4 is 0 Å². The lowest BCUT2D eigenvalue weighted by atomic mass is 9.99. The number of aliphatic hydroxyl groups is 1. The van der Waals surface area contributed by atoms with Crippen LogP contribution in [0.2, 0.25) is 0 Å². The van der Waals surface area contributed by atoms with Crippen LogP contribution in [0.5, 0.6) is 0 Å². The van der Waals surface area contributed by atoms with E-state index in [2.05, 4.69) is 0 Å². The SMILES string of the molecule is Cc1ccc(S(=O)(=O)N2CCCN(S(=O)(=O)c3ccc(C)cc3)CCN(S(=O)(=O)c3ccc(C)cc3)CC(CCCCCCCCCCCO)CN(S(=O)(=O)c3ccc(C)cc3)CC2)cc1. The number of hydrogen-bond donors (Lipinski definition) is 1. The molecule has 13 nitrogen and oxygen atoms in total. The largest absolute Gasteiger partial charge is 0.396 e. The van der Waals surface area contributed by atoms with Crippen molar-refractivity contribution >= 4 is 40.1 Å². The normalized spacial score (nSPS) is 16.9. The van der Waals surface area contributed by atoms with Gasteiger partial charge in [-0.1, -0.05) is 122 Å². The van der Waals surface area contributed by atoms with Gasteiger partial charge in [0.1, 0.15) is 0 Å². The molecule has 364 valence electrons. The maximum Gasteiger partial charge on any atom is 0.243 e. The molecule has 0 unspecified atom stereocenters. The van der Waals surface area contributed by atoms with E-state index in [1.165, 1.54) is 65.8 Å². The van der Waals surface area contributed by atoms with Gasteiger partial charge in [0.2, 0.25) is 40.1 Å². The van der Waals surface area contributed by atoms with Crippen LogP contribution >= 0.6 is 0 Å². The van der Waals surface area contributed by atoms with E-state index in [9.17, 15) is 33.7 Å². The summed E-state index contributed by atoms with van der Waals surface area (Å²) in [6.07, 6.45) is 8.99. The molecule has 17 heteroatoms. The Bertz CT molecular complexity index is 2410. The fraction of sp³-hybridized carbons (Fsp3) is 0.510. The maximum absolute atomic E-state index is 14.8. The van der Waals surface area contributed by atoms with Crippen molar-refractivity contribution in [3.8, 4) is 0 Å². The lowest BCUT2D eigenvalue weighted by molar-refractivity contribution is 0.242. The van der Waals surface area contributed by atoms with Crippen LogP contribution in [0.4, 0.5) is 0 Å². The molecule has 0 amide bonds. The monoisotopic (exact) mass is 986 g/mol. The zero-order valence-corrected chi connectivity index (χ0v) is 42.4. The van der Waals surface area contributed by atoms with Crippen molar-refractivity contribution in [3.63, 3.8) is 0 Å². The van der Waals surface area contributed by atoms with Gasteiger partial charge in [0.05, 0.1) is 19.6 Å². The van der Waals surface area contributed by atoms with Gasteiger partial charge in [-0.2, -0.15) is 17.2 Å². The summed E-state index contributed by atoms with van der Waals surface area (Å²) in [5.74, 6) is -0.559. The first-order valence-corrected chi connectivity index (χ1v) is 29.0. The lowest BCUT2D eigenvalue weighted by Crippen LogP contribution is -2.48. The minimum absolute atomic E-state index is 0.0336. The van der Waals surface area contributed by atoms with E-state index in [1.807, 2.05) is 27.7 Å². The molecule has 0 aliphatic carbocycles. The van der Waals surface area contributed by atoms with E-state index in [1.54, 1.807) is 48.5 Å². The third kappa shape index (κ3) is 14.7. The molecule has 0 radical (unpaired) electrons. The highest BCUT2D eigenvalue weighted by atomic mass is 32.2. The zero-order chi connectivity index (χ0) is 48.0. The van der Waals surface area contributed by atoms with Crippen LogP contribution in [0.3, 0.4) is 0 Å². The molecule has 5 rings (SSSR count). The summed E-state index contributed by atoms with van der Waals surface area (Å²) in [5, 5.41) is 9.11. The van der Waals surface area contributed by atoms with E-state index >= 15 is 0 Å². The fourth-order valence-electron chi connectivity index (χ4n) is 8.23. The average molecular weight is 987 g/mol. The highest BCUT2D eigenvalue weighted by Gasteiger charge is 2.35. The van der Waals surface area contributed by atoms with E-state index in [4.69, 9.17) is 5.11 Å². The number of aryl methyl sites for hydroxylation is 4. The first kappa shape index (κ1) is 53.4.